The summed E-state index contributed by atoms with van der Waals surface area (Å²) in [5.74, 6) is -0.628. The number of aryl methyl sites for hydroxylation is 1. The number of nitriles is 1. The van der Waals surface area contributed by atoms with Crippen molar-refractivity contribution in [3.8, 4) is 22.9 Å². The number of ether oxygens (including phenoxy) is 2. The number of thiophene rings is 1. The Hall–Kier alpha value is -4.67. The highest BCUT2D eigenvalue weighted by atomic mass is 32.1. The molecule has 3 aromatic carbocycles. The minimum atomic E-state index is -0.631. The van der Waals surface area contributed by atoms with Gasteiger partial charge >= 0.3 is 5.97 Å². The largest absolute Gasteiger partial charge is 0.488 e. The van der Waals surface area contributed by atoms with E-state index in [2.05, 4.69) is 5.32 Å². The van der Waals surface area contributed by atoms with Crippen LogP contribution in [-0.4, -0.2) is 18.5 Å². The van der Waals surface area contributed by atoms with Gasteiger partial charge in [-0.05, 0) is 37.1 Å². The molecule has 7 heteroatoms. The summed E-state index contributed by atoms with van der Waals surface area (Å²) in [6, 6.07) is 26.6. The van der Waals surface area contributed by atoms with Gasteiger partial charge in [-0.3, -0.25) is 4.79 Å². The highest BCUT2D eigenvalue weighted by Gasteiger charge is 2.24. The topological polar surface area (TPSA) is 88.4 Å². The summed E-state index contributed by atoms with van der Waals surface area (Å²) in [6.45, 7) is 4.25. The number of nitrogens with zero attached hydrogens (tertiary/aromatic N) is 1. The van der Waals surface area contributed by atoms with Gasteiger partial charge in [-0.1, -0.05) is 78.4 Å². The summed E-state index contributed by atoms with van der Waals surface area (Å²) in [5, 5.41) is 14.7. The van der Waals surface area contributed by atoms with E-state index in [1.54, 1.807) is 30.5 Å². The van der Waals surface area contributed by atoms with Crippen LogP contribution < -0.4 is 10.1 Å². The maximum atomic E-state index is 13.2. The van der Waals surface area contributed by atoms with Crippen LogP contribution in [0, 0.1) is 18.3 Å². The molecule has 0 bridgehead atoms. The van der Waals surface area contributed by atoms with Crippen LogP contribution in [-0.2, 0) is 16.1 Å². The molecule has 0 aliphatic carbocycles. The standard InChI is InChI=1S/C31H26N2O4S/c1-3-36-31(35)28-26(23-15-13-21(2)14-16-23)20-38-30(28)33-29(34)25(18-32)17-24-11-7-8-12-27(24)37-19-22-9-5-4-6-10-22/h4-17,20H,3,19H2,1-2H3,(H,33,34)/b25-17-. The van der Waals surface area contributed by atoms with Crippen LogP contribution in [0.2, 0.25) is 0 Å². The molecule has 0 radical (unpaired) electrons. The van der Waals surface area contributed by atoms with Crippen LogP contribution in [0.25, 0.3) is 17.2 Å². The number of rotatable bonds is 9. The van der Waals surface area contributed by atoms with Gasteiger partial charge in [0, 0.05) is 16.5 Å². The Balaban J connectivity index is 1.60. The highest BCUT2D eigenvalue weighted by molar-refractivity contribution is 7.15. The second kappa shape index (κ2) is 12.5. The van der Waals surface area contributed by atoms with Gasteiger partial charge in [-0.15, -0.1) is 11.3 Å². The second-order valence-corrected chi connectivity index (χ2v) is 9.26. The first-order chi connectivity index (χ1) is 18.5. The quantitative estimate of drug-likeness (QED) is 0.145. The van der Waals surface area contributed by atoms with E-state index in [0.717, 1.165) is 16.7 Å². The SMILES string of the molecule is CCOC(=O)c1c(-c2ccc(C)cc2)csc1NC(=O)/C(C#N)=C\c1ccccc1OCc1ccccc1. The first-order valence-corrected chi connectivity index (χ1v) is 12.9. The van der Waals surface area contributed by atoms with Crippen molar-refractivity contribution in [3.05, 3.63) is 112 Å². The molecule has 1 aromatic heterocycles. The molecule has 190 valence electrons. The average molecular weight is 523 g/mol. The van der Waals surface area contributed by atoms with E-state index >= 15 is 0 Å². The van der Waals surface area contributed by atoms with Gasteiger partial charge in [0.2, 0.25) is 0 Å². The predicted octanol–water partition coefficient (Wildman–Crippen LogP) is 7.02. The van der Waals surface area contributed by atoms with E-state index in [4.69, 9.17) is 9.47 Å². The number of esters is 1. The molecule has 1 heterocycles. The van der Waals surface area contributed by atoms with Crippen molar-refractivity contribution >= 4 is 34.3 Å². The fraction of sp³-hybridized carbons (Fsp3) is 0.129. The van der Waals surface area contributed by atoms with E-state index in [9.17, 15) is 14.9 Å². The summed E-state index contributed by atoms with van der Waals surface area (Å²) in [7, 11) is 0. The van der Waals surface area contributed by atoms with Gasteiger partial charge in [0.25, 0.3) is 5.91 Å². The van der Waals surface area contributed by atoms with Crippen LogP contribution in [0.1, 0.15) is 34.0 Å². The third-order valence-electron chi connectivity index (χ3n) is 5.68. The van der Waals surface area contributed by atoms with Gasteiger partial charge in [-0.2, -0.15) is 5.26 Å². The van der Waals surface area contributed by atoms with Crippen molar-refractivity contribution < 1.29 is 19.1 Å². The van der Waals surface area contributed by atoms with Crippen LogP contribution >= 0.6 is 11.3 Å². The lowest BCUT2D eigenvalue weighted by atomic mass is 10.0. The van der Waals surface area contributed by atoms with E-state index in [0.29, 0.717) is 28.5 Å². The summed E-state index contributed by atoms with van der Waals surface area (Å²) in [5.41, 5.74) is 4.30. The van der Waals surface area contributed by atoms with E-state index in [1.165, 1.54) is 17.4 Å². The maximum absolute atomic E-state index is 13.2. The Bertz CT molecular complexity index is 1500. The third kappa shape index (κ3) is 6.36. The molecule has 38 heavy (non-hydrogen) atoms. The van der Waals surface area contributed by atoms with Gasteiger partial charge in [0.1, 0.15) is 34.6 Å². The molecular formula is C31H26N2O4S. The zero-order chi connectivity index (χ0) is 26.9. The molecule has 4 rings (SSSR count). The molecule has 0 fully saturated rings. The number of para-hydroxylation sites is 1. The lowest BCUT2D eigenvalue weighted by molar-refractivity contribution is -0.112. The van der Waals surface area contributed by atoms with E-state index in [1.807, 2.05) is 73.7 Å². The van der Waals surface area contributed by atoms with Crippen LogP contribution in [0.15, 0.2) is 89.8 Å². The zero-order valence-corrected chi connectivity index (χ0v) is 21.9. The zero-order valence-electron chi connectivity index (χ0n) is 21.1. The second-order valence-electron chi connectivity index (χ2n) is 8.38. The van der Waals surface area contributed by atoms with Crippen molar-refractivity contribution in [3.63, 3.8) is 0 Å². The average Bonchev–Trinajstić information content (AvgIpc) is 3.35. The number of hydrogen-bond donors (Lipinski definition) is 1. The Kier molecular flexibility index (Phi) is 8.70. The van der Waals surface area contributed by atoms with Crippen LogP contribution in [0.3, 0.4) is 0 Å². The Morgan fingerprint density at radius 1 is 1.00 bits per heavy atom. The molecule has 0 saturated heterocycles. The maximum Gasteiger partial charge on any atom is 0.341 e. The molecule has 0 saturated carbocycles. The fourth-order valence-electron chi connectivity index (χ4n) is 3.74. The van der Waals surface area contributed by atoms with Gasteiger partial charge in [-0.25, -0.2) is 4.79 Å². The Labute approximate surface area is 225 Å². The fourth-order valence-corrected chi connectivity index (χ4v) is 4.69. The molecule has 1 amide bonds. The first kappa shape index (κ1) is 26.4. The minimum Gasteiger partial charge on any atom is -0.488 e. The van der Waals surface area contributed by atoms with E-state index in [-0.39, 0.29) is 17.7 Å². The summed E-state index contributed by atoms with van der Waals surface area (Å²) in [6.07, 6.45) is 1.48. The minimum absolute atomic E-state index is 0.124. The Morgan fingerprint density at radius 3 is 2.42 bits per heavy atom. The lowest BCUT2D eigenvalue weighted by Crippen LogP contribution is -2.16. The van der Waals surface area contributed by atoms with Gasteiger partial charge < -0.3 is 14.8 Å². The summed E-state index contributed by atoms with van der Waals surface area (Å²) < 4.78 is 11.2. The summed E-state index contributed by atoms with van der Waals surface area (Å²) in [4.78, 5) is 26.0. The third-order valence-corrected chi connectivity index (χ3v) is 6.58. The van der Waals surface area contributed by atoms with Gasteiger partial charge in [0.15, 0.2) is 0 Å². The molecule has 0 aliphatic rings. The van der Waals surface area contributed by atoms with Crippen LogP contribution in [0.4, 0.5) is 5.00 Å². The monoisotopic (exact) mass is 522 g/mol. The number of carbonyl (C=O) groups is 2. The number of carbonyl (C=O) groups excluding carboxylic acids is 2. The molecule has 0 aliphatic heterocycles. The smallest absolute Gasteiger partial charge is 0.341 e. The molecule has 4 aromatic rings. The highest BCUT2D eigenvalue weighted by Crippen LogP contribution is 2.36. The predicted molar refractivity (Wildman–Crippen MR) is 150 cm³/mol. The number of amides is 1. The molecule has 1 N–H and O–H groups in total. The normalized spacial score (nSPS) is 10.9. The van der Waals surface area contributed by atoms with E-state index < -0.39 is 11.9 Å². The molecular weight excluding hydrogens is 496 g/mol. The summed E-state index contributed by atoms with van der Waals surface area (Å²) >= 11 is 1.21. The number of benzene rings is 3. The van der Waals surface area contributed by atoms with Crippen molar-refractivity contribution in [2.75, 3.05) is 11.9 Å². The molecule has 0 spiro atoms. The molecule has 0 atom stereocenters. The first-order valence-electron chi connectivity index (χ1n) is 12.0. The van der Waals surface area contributed by atoms with Crippen molar-refractivity contribution in [2.24, 2.45) is 0 Å². The number of anilines is 1. The van der Waals surface area contributed by atoms with Crippen molar-refractivity contribution in [1.82, 2.24) is 0 Å². The Morgan fingerprint density at radius 2 is 1.71 bits per heavy atom. The van der Waals surface area contributed by atoms with Crippen LogP contribution in [0.5, 0.6) is 5.75 Å². The van der Waals surface area contributed by atoms with Crippen molar-refractivity contribution in [2.45, 2.75) is 20.5 Å². The molecule has 6 nitrogen and oxygen atoms in total. The van der Waals surface area contributed by atoms with Crippen molar-refractivity contribution in [1.29, 1.82) is 5.26 Å². The lowest BCUT2D eigenvalue weighted by Gasteiger charge is -2.10. The number of nitrogens with one attached hydrogen (secondary N) is 1. The number of hydrogen-bond acceptors (Lipinski definition) is 6. The molecule has 0 unspecified atom stereocenters. The van der Waals surface area contributed by atoms with Gasteiger partial charge in [0.05, 0.1) is 6.61 Å².